The van der Waals surface area contributed by atoms with Crippen molar-refractivity contribution >= 4 is 0 Å². The second kappa shape index (κ2) is 7.57. The quantitative estimate of drug-likeness (QED) is 0.249. The zero-order valence-corrected chi connectivity index (χ0v) is 9.02. The van der Waals surface area contributed by atoms with Gasteiger partial charge in [-0.05, 0) is 0 Å². The Morgan fingerprint density at radius 2 is 1.69 bits per heavy atom. The van der Waals surface area contributed by atoms with E-state index in [0.29, 0.717) is 0 Å². The maximum atomic E-state index is 9.45. The lowest BCUT2D eigenvalue weighted by atomic mass is 9.97. The van der Waals surface area contributed by atoms with Gasteiger partial charge in [0.05, 0.1) is 6.10 Å². The molecule has 0 aliphatic heterocycles. The Kier molecular flexibility index (Phi) is 7.25. The summed E-state index contributed by atoms with van der Waals surface area (Å²) < 4.78 is 4.57. The van der Waals surface area contributed by atoms with E-state index in [1.54, 1.807) is 0 Å². The molecule has 5 N–H and O–H groups in total. The van der Waals surface area contributed by atoms with Gasteiger partial charge in [-0.2, -0.15) is 0 Å². The molecular formula is C10H18O6. The second-order valence-corrected chi connectivity index (χ2v) is 3.54. The summed E-state index contributed by atoms with van der Waals surface area (Å²) in [7, 11) is 0. The third-order valence-electron chi connectivity index (χ3n) is 2.20. The van der Waals surface area contributed by atoms with Gasteiger partial charge in [0.25, 0.3) is 0 Å². The molecule has 0 fully saturated rings. The van der Waals surface area contributed by atoms with Crippen molar-refractivity contribution in [1.82, 2.24) is 0 Å². The average molecular weight is 234 g/mol. The molecule has 5 unspecified atom stereocenters. The first-order valence-corrected chi connectivity index (χ1v) is 4.83. The van der Waals surface area contributed by atoms with Crippen LogP contribution in [0, 0.1) is 18.3 Å². The Balaban J connectivity index is 4.25. The summed E-state index contributed by atoms with van der Waals surface area (Å²) >= 11 is 0. The lowest BCUT2D eigenvalue weighted by molar-refractivity contribution is -0.201. The van der Waals surface area contributed by atoms with E-state index in [0.717, 1.165) is 0 Å². The maximum absolute atomic E-state index is 9.45. The first kappa shape index (κ1) is 15.3. The number of terminal acetylenes is 1. The monoisotopic (exact) mass is 234 g/mol. The Morgan fingerprint density at radius 1 is 1.12 bits per heavy atom. The molecule has 0 amide bonds. The van der Waals surface area contributed by atoms with Gasteiger partial charge in [0.1, 0.15) is 18.8 Å². The van der Waals surface area contributed by atoms with Crippen LogP contribution in [0.2, 0.25) is 0 Å². The van der Waals surface area contributed by atoms with E-state index in [1.165, 1.54) is 6.92 Å². The molecule has 0 aliphatic rings. The van der Waals surface area contributed by atoms with Crippen molar-refractivity contribution in [2.75, 3.05) is 13.2 Å². The molecule has 0 bridgehead atoms. The topological polar surface area (TPSA) is 110 Å². The molecule has 5 atom stereocenters. The van der Waals surface area contributed by atoms with E-state index < -0.39 is 30.5 Å². The van der Waals surface area contributed by atoms with E-state index in [-0.39, 0.29) is 13.2 Å². The van der Waals surface area contributed by atoms with Crippen molar-refractivity contribution in [2.24, 2.45) is 5.92 Å². The summed E-state index contributed by atoms with van der Waals surface area (Å²) in [4.78, 5) is 0. The molecule has 6 heteroatoms. The Labute approximate surface area is 94.1 Å². The van der Waals surface area contributed by atoms with Crippen LogP contribution >= 0.6 is 0 Å². The first-order valence-electron chi connectivity index (χ1n) is 4.83. The third kappa shape index (κ3) is 4.45. The molecule has 94 valence electrons. The Bertz CT molecular complexity index is 226. The first-order chi connectivity index (χ1) is 7.45. The molecule has 6 nitrogen and oxygen atoms in total. The molecule has 0 spiro atoms. The molecule has 0 aliphatic carbocycles. The van der Waals surface area contributed by atoms with Gasteiger partial charge in [0.15, 0.2) is 6.29 Å². The highest BCUT2D eigenvalue weighted by Gasteiger charge is 2.33. The van der Waals surface area contributed by atoms with E-state index in [4.69, 9.17) is 11.5 Å². The molecule has 0 aromatic rings. The molecule has 16 heavy (non-hydrogen) atoms. The molecule has 0 aromatic carbocycles. The zero-order valence-electron chi connectivity index (χ0n) is 9.02. The molecular weight excluding hydrogens is 216 g/mol. The summed E-state index contributed by atoms with van der Waals surface area (Å²) in [5.74, 6) is 1.44. The predicted molar refractivity (Wildman–Crippen MR) is 55.1 cm³/mol. The van der Waals surface area contributed by atoms with Crippen molar-refractivity contribution in [3.8, 4) is 12.3 Å². The van der Waals surface area contributed by atoms with E-state index >= 15 is 0 Å². The molecule has 0 saturated heterocycles. The van der Waals surface area contributed by atoms with Gasteiger partial charge in [-0.25, -0.2) is 0 Å². The van der Waals surface area contributed by atoms with Crippen LogP contribution < -0.4 is 0 Å². The second-order valence-electron chi connectivity index (χ2n) is 3.54. The number of hydrogen-bond donors (Lipinski definition) is 5. The molecule has 0 rings (SSSR count). The fourth-order valence-corrected chi connectivity index (χ4v) is 1.05. The normalized spacial score (nSPS) is 20.6. The Morgan fingerprint density at radius 3 is 2.12 bits per heavy atom. The van der Waals surface area contributed by atoms with Crippen molar-refractivity contribution in [2.45, 2.75) is 31.5 Å². The fraction of sp³-hybridized carbons (Fsp3) is 0.800. The van der Waals surface area contributed by atoms with Crippen LogP contribution in [0.4, 0.5) is 0 Å². The number of aliphatic hydroxyl groups excluding tert-OH is 5. The third-order valence-corrected chi connectivity index (χ3v) is 2.20. The van der Waals surface area contributed by atoms with Crippen LogP contribution in [-0.4, -0.2) is 63.3 Å². The minimum absolute atomic E-state index is 0.226. The van der Waals surface area contributed by atoms with Crippen LogP contribution in [0.25, 0.3) is 0 Å². The SMILES string of the molecule is C#CCOC(O)C(O)C(O)C(O)C(C)CO. The summed E-state index contributed by atoms with van der Waals surface area (Å²) in [6, 6.07) is 0. The molecule has 0 radical (unpaired) electrons. The smallest absolute Gasteiger partial charge is 0.184 e. The van der Waals surface area contributed by atoms with Gasteiger partial charge in [-0.1, -0.05) is 12.8 Å². The maximum Gasteiger partial charge on any atom is 0.184 e. The summed E-state index contributed by atoms with van der Waals surface area (Å²) in [6.07, 6.45) is -1.52. The van der Waals surface area contributed by atoms with Crippen LogP contribution in [0.3, 0.4) is 0 Å². The number of hydrogen-bond acceptors (Lipinski definition) is 6. The van der Waals surface area contributed by atoms with Crippen LogP contribution in [0.15, 0.2) is 0 Å². The van der Waals surface area contributed by atoms with Gasteiger partial charge in [-0.15, -0.1) is 6.42 Å². The van der Waals surface area contributed by atoms with E-state index in [1.807, 2.05) is 0 Å². The van der Waals surface area contributed by atoms with Gasteiger partial charge >= 0.3 is 0 Å². The van der Waals surface area contributed by atoms with Gasteiger partial charge in [-0.3, -0.25) is 0 Å². The van der Waals surface area contributed by atoms with Gasteiger partial charge < -0.3 is 30.3 Å². The number of aliphatic hydroxyl groups is 5. The van der Waals surface area contributed by atoms with Crippen molar-refractivity contribution in [3.63, 3.8) is 0 Å². The van der Waals surface area contributed by atoms with Crippen molar-refractivity contribution in [1.29, 1.82) is 0 Å². The summed E-state index contributed by atoms with van der Waals surface area (Å²) in [5.41, 5.74) is 0. The highest BCUT2D eigenvalue weighted by atomic mass is 16.6. The molecule has 0 heterocycles. The lowest BCUT2D eigenvalue weighted by Gasteiger charge is -2.28. The highest BCUT2D eigenvalue weighted by Crippen LogP contribution is 2.12. The van der Waals surface area contributed by atoms with Crippen LogP contribution in [0.1, 0.15) is 6.92 Å². The minimum atomic E-state index is -1.70. The van der Waals surface area contributed by atoms with E-state index in [9.17, 15) is 20.4 Å². The number of ether oxygens (including phenoxy) is 1. The standard InChI is InChI=1S/C10H18O6/c1-3-4-16-10(15)9(14)8(13)7(12)6(2)5-11/h1,6-15H,4-5H2,2H3. The minimum Gasteiger partial charge on any atom is -0.396 e. The predicted octanol–water partition coefficient (Wildman–Crippen LogP) is -2.33. The Hall–Kier alpha value is -0.680. The number of rotatable bonds is 7. The highest BCUT2D eigenvalue weighted by molar-refractivity contribution is 4.85. The molecule has 0 aromatic heterocycles. The van der Waals surface area contributed by atoms with Crippen molar-refractivity contribution < 1.29 is 30.3 Å². The van der Waals surface area contributed by atoms with Crippen molar-refractivity contribution in [3.05, 3.63) is 0 Å². The molecule has 0 saturated carbocycles. The van der Waals surface area contributed by atoms with E-state index in [2.05, 4.69) is 10.7 Å². The van der Waals surface area contributed by atoms with Gasteiger partial charge in [0.2, 0.25) is 0 Å². The van der Waals surface area contributed by atoms with Crippen LogP contribution in [0.5, 0.6) is 0 Å². The lowest BCUT2D eigenvalue weighted by Crippen LogP contribution is -2.48. The average Bonchev–Trinajstić information content (AvgIpc) is 2.31. The fourth-order valence-electron chi connectivity index (χ4n) is 1.05. The largest absolute Gasteiger partial charge is 0.396 e. The summed E-state index contributed by atoms with van der Waals surface area (Å²) in [6.45, 7) is 0.901. The van der Waals surface area contributed by atoms with Crippen LogP contribution in [-0.2, 0) is 4.74 Å². The zero-order chi connectivity index (χ0) is 12.7. The summed E-state index contributed by atoms with van der Waals surface area (Å²) in [5, 5.41) is 46.3. The van der Waals surface area contributed by atoms with Gasteiger partial charge in [0, 0.05) is 12.5 Å².